The molecule has 1 atom stereocenters. The molecule has 2 nitrogen and oxygen atoms in total. The number of hydrogen-bond acceptors (Lipinski definition) is 2. The highest BCUT2D eigenvalue weighted by atomic mass is 35.6. The van der Waals surface area contributed by atoms with Gasteiger partial charge in [-0.15, -0.1) is 11.1 Å². The van der Waals surface area contributed by atoms with E-state index in [-0.39, 0.29) is 0 Å². The summed E-state index contributed by atoms with van der Waals surface area (Å²) in [5, 5.41) is 0. The van der Waals surface area contributed by atoms with Gasteiger partial charge in [-0.1, -0.05) is 0 Å². The van der Waals surface area contributed by atoms with Gasteiger partial charge in [-0.05, 0) is 6.92 Å². The van der Waals surface area contributed by atoms with Crippen molar-refractivity contribution in [3.63, 3.8) is 0 Å². The van der Waals surface area contributed by atoms with Crippen molar-refractivity contribution in [1.29, 1.82) is 0 Å². The Morgan fingerprint density at radius 3 is 1.62 bits per heavy atom. The monoisotopic (exact) mass is 372 g/mol. The molecule has 128 valence electrons. The van der Waals surface area contributed by atoms with Gasteiger partial charge in [-0.25, -0.2) is 0 Å². The minimum absolute atomic E-state index is 0.706. The van der Waals surface area contributed by atoms with Crippen molar-refractivity contribution in [3.05, 3.63) is 0 Å². The van der Waals surface area contributed by atoms with Crippen LogP contribution in [0.25, 0.3) is 0 Å². The SMILES string of the molecule is CCO[Si](Cl)(COC)C(F)(F)C(F)(F)C(F)(F)C(F)(F)F. The van der Waals surface area contributed by atoms with Crippen LogP contribution in [0.2, 0.25) is 0 Å². The second-order valence-corrected chi connectivity index (χ2v) is 8.31. The van der Waals surface area contributed by atoms with E-state index in [4.69, 9.17) is 11.1 Å². The molecular formula is C8H10ClF9O2Si. The Balaban J connectivity index is 5.95. The van der Waals surface area contributed by atoms with Crippen molar-refractivity contribution in [2.45, 2.75) is 30.5 Å². The van der Waals surface area contributed by atoms with Gasteiger partial charge in [0.25, 0.3) is 0 Å². The molecule has 0 radical (unpaired) electrons. The Bertz CT molecular complexity index is 354. The molecule has 21 heavy (non-hydrogen) atoms. The lowest BCUT2D eigenvalue weighted by Crippen LogP contribution is -2.71. The van der Waals surface area contributed by atoms with Gasteiger partial charge in [0.2, 0.25) is 0 Å². The van der Waals surface area contributed by atoms with Gasteiger partial charge in [-0.3, -0.25) is 0 Å². The molecule has 0 aromatic rings. The molecule has 0 heterocycles. The van der Waals surface area contributed by atoms with Crippen molar-refractivity contribution in [1.82, 2.24) is 0 Å². The smallest absolute Gasteiger partial charge is 0.398 e. The van der Waals surface area contributed by atoms with E-state index in [1.807, 2.05) is 0 Å². The van der Waals surface area contributed by atoms with Crippen LogP contribution in [0.4, 0.5) is 39.5 Å². The fourth-order valence-corrected chi connectivity index (χ4v) is 4.16. The second kappa shape index (κ2) is 6.12. The molecule has 0 bridgehead atoms. The topological polar surface area (TPSA) is 18.5 Å². The quantitative estimate of drug-likeness (QED) is 0.383. The average molecular weight is 373 g/mol. The van der Waals surface area contributed by atoms with Gasteiger partial charge in [0.1, 0.15) is 0 Å². The lowest BCUT2D eigenvalue weighted by molar-refractivity contribution is -0.385. The van der Waals surface area contributed by atoms with Crippen molar-refractivity contribution >= 4 is 18.7 Å². The summed E-state index contributed by atoms with van der Waals surface area (Å²) >= 11 is 5.13. The summed E-state index contributed by atoms with van der Waals surface area (Å²) in [7, 11) is -4.89. The normalized spacial score (nSPS) is 17.7. The fourth-order valence-electron chi connectivity index (χ4n) is 1.25. The average Bonchev–Trinajstić information content (AvgIpc) is 2.27. The van der Waals surface area contributed by atoms with Crippen LogP contribution in [0.1, 0.15) is 6.92 Å². The van der Waals surface area contributed by atoms with E-state index in [0.717, 1.165) is 14.0 Å². The summed E-state index contributed by atoms with van der Waals surface area (Å²) < 4.78 is 123. The molecule has 0 amide bonds. The van der Waals surface area contributed by atoms with Crippen LogP contribution < -0.4 is 0 Å². The lowest BCUT2D eigenvalue weighted by Gasteiger charge is -2.39. The maximum absolute atomic E-state index is 13.6. The molecule has 13 heteroatoms. The third kappa shape index (κ3) is 3.27. The van der Waals surface area contributed by atoms with E-state index in [0.29, 0.717) is 0 Å². The van der Waals surface area contributed by atoms with E-state index >= 15 is 0 Å². The van der Waals surface area contributed by atoms with Gasteiger partial charge in [-0.2, -0.15) is 39.5 Å². The molecule has 0 saturated heterocycles. The molecule has 0 aromatic carbocycles. The van der Waals surface area contributed by atoms with Gasteiger partial charge in [0, 0.05) is 13.7 Å². The minimum atomic E-state index is -7.00. The first-order chi connectivity index (χ1) is 9.12. The fraction of sp³-hybridized carbons (Fsp3) is 1.00. The molecule has 0 aromatic heterocycles. The number of hydrogen-bond donors (Lipinski definition) is 0. The van der Waals surface area contributed by atoms with E-state index in [2.05, 4.69) is 9.16 Å². The highest BCUT2D eigenvalue weighted by molar-refractivity contribution is 7.18. The Morgan fingerprint density at radius 1 is 0.905 bits per heavy atom. The van der Waals surface area contributed by atoms with Crippen LogP contribution in [-0.2, 0) is 9.16 Å². The van der Waals surface area contributed by atoms with Crippen LogP contribution in [-0.4, -0.2) is 51.1 Å². The number of halogens is 10. The maximum Gasteiger partial charge on any atom is 0.460 e. The number of rotatable bonds is 7. The van der Waals surface area contributed by atoms with Crippen molar-refractivity contribution in [3.8, 4) is 0 Å². The molecule has 0 N–H and O–H groups in total. The Morgan fingerprint density at radius 2 is 1.33 bits per heavy atom. The summed E-state index contributed by atoms with van der Waals surface area (Å²) in [6, 6.07) is 0. The number of methoxy groups -OCH3 is 1. The molecule has 0 rings (SSSR count). The molecule has 0 aliphatic heterocycles. The zero-order valence-electron chi connectivity index (χ0n) is 10.5. The van der Waals surface area contributed by atoms with E-state index < -0.39 is 44.0 Å². The first-order valence-corrected chi connectivity index (χ1v) is 8.27. The zero-order valence-corrected chi connectivity index (χ0v) is 12.3. The molecule has 0 aliphatic rings. The standard InChI is InChI=1S/C8H10ClF9O2Si/c1-3-20-21(9,4-19-2)8(17,18)6(12,13)5(10,11)7(14,15)16/h3-4H2,1-2H3. The van der Waals surface area contributed by atoms with Crippen LogP contribution in [0.5, 0.6) is 0 Å². The molecular weight excluding hydrogens is 363 g/mol. The summed E-state index contributed by atoms with van der Waals surface area (Å²) in [5.74, 6) is -13.8. The van der Waals surface area contributed by atoms with E-state index in [9.17, 15) is 39.5 Å². The van der Waals surface area contributed by atoms with Gasteiger partial charge in [0.15, 0.2) is 0 Å². The first kappa shape index (κ1) is 20.8. The molecule has 1 unspecified atom stereocenters. The lowest BCUT2D eigenvalue weighted by atomic mass is 10.1. The van der Waals surface area contributed by atoms with Crippen LogP contribution in [0, 0.1) is 0 Å². The van der Waals surface area contributed by atoms with E-state index in [1.165, 1.54) is 0 Å². The minimum Gasteiger partial charge on any atom is -0.398 e. The predicted octanol–water partition coefficient (Wildman–Crippen LogP) is 3.90. The second-order valence-electron chi connectivity index (χ2n) is 3.82. The molecule has 0 aliphatic carbocycles. The number of alkyl halides is 9. The largest absolute Gasteiger partial charge is 0.460 e. The third-order valence-corrected chi connectivity index (χ3v) is 6.34. The van der Waals surface area contributed by atoms with Crippen LogP contribution >= 0.6 is 11.1 Å². The zero-order chi connectivity index (χ0) is 17.3. The number of ether oxygens (including phenoxy) is 1. The summed E-state index contributed by atoms with van der Waals surface area (Å²) in [6.45, 7) is 0.318. The van der Waals surface area contributed by atoms with Gasteiger partial charge in [0.05, 0.1) is 6.23 Å². The van der Waals surface area contributed by atoms with Gasteiger partial charge >= 0.3 is 31.2 Å². The van der Waals surface area contributed by atoms with Crippen LogP contribution in [0.15, 0.2) is 0 Å². The molecule has 0 spiro atoms. The Hall–Kier alpha value is -0.203. The van der Waals surface area contributed by atoms with Crippen LogP contribution in [0.3, 0.4) is 0 Å². The summed E-state index contributed by atoms with van der Waals surface area (Å²) in [4.78, 5) is 0. The maximum atomic E-state index is 13.6. The van der Waals surface area contributed by atoms with Gasteiger partial charge < -0.3 is 9.16 Å². The molecule has 0 saturated carbocycles. The highest BCUT2D eigenvalue weighted by Gasteiger charge is 2.87. The van der Waals surface area contributed by atoms with E-state index in [1.54, 1.807) is 0 Å². The summed E-state index contributed by atoms with van der Waals surface area (Å²) in [5.41, 5.74) is -5.95. The predicted molar refractivity (Wildman–Crippen MR) is 56.0 cm³/mol. The first-order valence-electron chi connectivity index (χ1n) is 5.14. The Kier molecular flexibility index (Phi) is 6.06. The summed E-state index contributed by atoms with van der Waals surface area (Å²) in [6.07, 6.45) is -8.32. The highest BCUT2D eigenvalue weighted by Crippen LogP contribution is 2.56. The van der Waals surface area contributed by atoms with Crippen molar-refractivity contribution in [2.24, 2.45) is 0 Å². The third-order valence-electron chi connectivity index (χ3n) is 2.32. The van der Waals surface area contributed by atoms with Crippen molar-refractivity contribution < 1.29 is 48.7 Å². The molecule has 0 fully saturated rings. The van der Waals surface area contributed by atoms with Crippen molar-refractivity contribution in [2.75, 3.05) is 19.9 Å². The Labute approximate surface area is 119 Å².